The minimum Gasteiger partial charge on any atom is -0.456 e. The van der Waals surface area contributed by atoms with Gasteiger partial charge < -0.3 is 9.32 Å². The van der Waals surface area contributed by atoms with Crippen molar-refractivity contribution in [2.24, 2.45) is 0 Å². The number of hydrogen-bond donors (Lipinski definition) is 0. The lowest BCUT2D eigenvalue weighted by molar-refractivity contribution is 0.667. The average Bonchev–Trinajstić information content (AvgIpc) is 3.65. The van der Waals surface area contributed by atoms with E-state index in [1.807, 2.05) is 0 Å². The van der Waals surface area contributed by atoms with Gasteiger partial charge in [-0.2, -0.15) is 0 Å². The van der Waals surface area contributed by atoms with Crippen molar-refractivity contribution < 1.29 is 4.42 Å². The van der Waals surface area contributed by atoms with E-state index in [2.05, 4.69) is 181 Å². The summed E-state index contributed by atoms with van der Waals surface area (Å²) in [6, 6.07) is 63.0. The monoisotopic (exact) mass is 575 g/mol. The first-order valence-electron chi connectivity index (χ1n) is 15.5. The van der Waals surface area contributed by atoms with Gasteiger partial charge in [-0.15, -0.1) is 0 Å². The fraction of sp³-hybridized carbons (Fsp3) is 0.0233. The molecule has 2 nitrogen and oxygen atoms in total. The van der Waals surface area contributed by atoms with Gasteiger partial charge in [-0.3, -0.25) is 0 Å². The van der Waals surface area contributed by atoms with Crippen molar-refractivity contribution in [1.29, 1.82) is 0 Å². The predicted octanol–water partition coefficient (Wildman–Crippen LogP) is 11.4. The van der Waals surface area contributed by atoms with Crippen molar-refractivity contribution in [3.05, 3.63) is 198 Å². The maximum absolute atomic E-state index is 6.75. The first-order valence-corrected chi connectivity index (χ1v) is 15.5. The molecule has 0 unspecified atom stereocenters. The zero-order chi connectivity index (χ0) is 29.8. The Morgan fingerprint density at radius 1 is 0.378 bits per heavy atom. The van der Waals surface area contributed by atoms with Crippen molar-refractivity contribution in [1.82, 2.24) is 0 Å². The Bertz CT molecular complexity index is 2240. The zero-order valence-electron chi connectivity index (χ0n) is 24.6. The number of furan rings is 1. The minimum absolute atomic E-state index is 0.539. The molecule has 0 fully saturated rings. The molecule has 0 saturated heterocycles. The molecule has 1 aliphatic carbocycles. The summed E-state index contributed by atoms with van der Waals surface area (Å²) in [5.74, 6) is 0. The molecule has 0 radical (unpaired) electrons. The van der Waals surface area contributed by atoms with Crippen LogP contribution in [0.5, 0.6) is 0 Å². The fourth-order valence-electron chi connectivity index (χ4n) is 7.61. The van der Waals surface area contributed by atoms with E-state index in [-0.39, 0.29) is 0 Å². The van der Waals surface area contributed by atoms with Gasteiger partial charge in [-0.25, -0.2) is 0 Å². The Morgan fingerprint density at radius 3 is 1.44 bits per heavy atom. The van der Waals surface area contributed by atoms with Crippen molar-refractivity contribution in [2.45, 2.75) is 5.41 Å². The standard InChI is InChI=1S/C43H29NO/c1-4-16-30(17-5-1)43(35-24-12-10-22-33(35)34-23-11-13-25-36(34)43)37-26-14-28-39-41(37)42-38(27-15-29-40(42)45-39)44(31-18-6-2-7-19-31)32-20-8-3-9-21-32/h1-29H. The third-order valence-corrected chi connectivity index (χ3v) is 9.33. The molecule has 0 bridgehead atoms. The highest BCUT2D eigenvalue weighted by Crippen LogP contribution is 2.58. The summed E-state index contributed by atoms with van der Waals surface area (Å²) in [4.78, 5) is 2.35. The number of para-hydroxylation sites is 2. The van der Waals surface area contributed by atoms with E-state index >= 15 is 0 Å². The largest absolute Gasteiger partial charge is 0.456 e. The van der Waals surface area contributed by atoms with Gasteiger partial charge in [0.25, 0.3) is 0 Å². The van der Waals surface area contributed by atoms with E-state index in [1.54, 1.807) is 0 Å². The molecule has 212 valence electrons. The summed E-state index contributed by atoms with van der Waals surface area (Å²) < 4.78 is 6.75. The third-order valence-electron chi connectivity index (χ3n) is 9.33. The molecular formula is C43H29NO. The normalized spacial score (nSPS) is 13.1. The molecule has 0 saturated carbocycles. The lowest BCUT2D eigenvalue weighted by Gasteiger charge is -2.34. The maximum atomic E-state index is 6.75. The van der Waals surface area contributed by atoms with Crippen molar-refractivity contribution in [2.75, 3.05) is 4.90 Å². The van der Waals surface area contributed by atoms with Crippen LogP contribution in [0.2, 0.25) is 0 Å². The topological polar surface area (TPSA) is 16.4 Å². The third kappa shape index (κ3) is 3.69. The first-order chi connectivity index (χ1) is 22.4. The van der Waals surface area contributed by atoms with Crippen LogP contribution in [-0.2, 0) is 5.41 Å². The van der Waals surface area contributed by atoms with Crippen LogP contribution >= 0.6 is 0 Å². The van der Waals surface area contributed by atoms with Crippen LogP contribution in [0.1, 0.15) is 22.3 Å². The van der Waals surface area contributed by atoms with Gasteiger partial charge in [0, 0.05) is 16.8 Å². The number of fused-ring (bicyclic) bond motifs is 6. The molecule has 1 heterocycles. The summed E-state index contributed by atoms with van der Waals surface area (Å²) in [5, 5.41) is 2.24. The molecule has 0 N–H and O–H groups in total. The Hall–Kier alpha value is -5.86. The second kappa shape index (κ2) is 10.1. The van der Waals surface area contributed by atoms with E-state index in [0.717, 1.165) is 39.0 Å². The van der Waals surface area contributed by atoms with Crippen LogP contribution in [0.15, 0.2) is 180 Å². The molecule has 1 aromatic heterocycles. The average molecular weight is 576 g/mol. The highest BCUT2D eigenvalue weighted by molar-refractivity contribution is 6.16. The second-order valence-electron chi connectivity index (χ2n) is 11.6. The molecule has 45 heavy (non-hydrogen) atoms. The molecule has 0 atom stereocenters. The molecule has 2 heteroatoms. The van der Waals surface area contributed by atoms with Crippen molar-refractivity contribution in [3.8, 4) is 11.1 Å². The fourth-order valence-corrected chi connectivity index (χ4v) is 7.61. The SMILES string of the molecule is c1ccc(N(c2ccccc2)c2cccc3oc4cccc(C5(c6ccccc6)c6ccccc6-c6ccccc65)c4c23)cc1. The number of hydrogen-bond acceptors (Lipinski definition) is 2. The highest BCUT2D eigenvalue weighted by Gasteiger charge is 2.47. The Balaban J connectivity index is 1.45. The first kappa shape index (κ1) is 25.6. The van der Waals surface area contributed by atoms with E-state index in [4.69, 9.17) is 4.42 Å². The van der Waals surface area contributed by atoms with Gasteiger partial charge >= 0.3 is 0 Å². The van der Waals surface area contributed by atoms with Gasteiger partial charge in [0.1, 0.15) is 11.2 Å². The van der Waals surface area contributed by atoms with Gasteiger partial charge in [-0.05, 0) is 75.8 Å². The summed E-state index contributed by atoms with van der Waals surface area (Å²) in [7, 11) is 0. The number of benzene rings is 7. The van der Waals surface area contributed by atoms with Crippen molar-refractivity contribution >= 4 is 39.0 Å². The number of rotatable bonds is 5. The van der Waals surface area contributed by atoms with Crippen LogP contribution in [-0.4, -0.2) is 0 Å². The smallest absolute Gasteiger partial charge is 0.137 e. The van der Waals surface area contributed by atoms with Crippen LogP contribution < -0.4 is 4.90 Å². The molecule has 1 aliphatic rings. The van der Waals surface area contributed by atoms with E-state index in [0.29, 0.717) is 0 Å². The minimum atomic E-state index is -0.539. The predicted molar refractivity (Wildman–Crippen MR) is 186 cm³/mol. The van der Waals surface area contributed by atoms with E-state index in [1.165, 1.54) is 33.4 Å². The summed E-state index contributed by atoms with van der Waals surface area (Å²) in [6.07, 6.45) is 0. The molecule has 0 aliphatic heterocycles. The number of anilines is 3. The van der Waals surface area contributed by atoms with Crippen LogP contribution in [0.4, 0.5) is 17.1 Å². The second-order valence-corrected chi connectivity index (χ2v) is 11.6. The summed E-state index contributed by atoms with van der Waals surface area (Å²) in [5.41, 5.74) is 12.1. The van der Waals surface area contributed by atoms with E-state index < -0.39 is 5.41 Å². The van der Waals surface area contributed by atoms with Crippen LogP contribution in [0.25, 0.3) is 33.1 Å². The Morgan fingerprint density at radius 2 is 0.844 bits per heavy atom. The van der Waals surface area contributed by atoms with Crippen LogP contribution in [0.3, 0.4) is 0 Å². The zero-order valence-corrected chi connectivity index (χ0v) is 24.6. The van der Waals surface area contributed by atoms with Gasteiger partial charge in [0.15, 0.2) is 0 Å². The summed E-state index contributed by atoms with van der Waals surface area (Å²) >= 11 is 0. The van der Waals surface area contributed by atoms with Gasteiger partial charge in [-0.1, -0.05) is 133 Å². The number of nitrogens with zero attached hydrogens (tertiary/aromatic N) is 1. The summed E-state index contributed by atoms with van der Waals surface area (Å²) in [6.45, 7) is 0. The quantitative estimate of drug-likeness (QED) is 0.203. The lowest BCUT2D eigenvalue weighted by atomic mass is 9.66. The Kier molecular flexibility index (Phi) is 5.76. The molecule has 9 rings (SSSR count). The highest BCUT2D eigenvalue weighted by atomic mass is 16.3. The van der Waals surface area contributed by atoms with Gasteiger partial charge in [0.05, 0.1) is 16.5 Å². The molecule has 8 aromatic rings. The molecular weight excluding hydrogens is 546 g/mol. The lowest BCUT2D eigenvalue weighted by Crippen LogP contribution is -2.28. The van der Waals surface area contributed by atoms with Crippen molar-refractivity contribution in [3.63, 3.8) is 0 Å². The van der Waals surface area contributed by atoms with E-state index in [9.17, 15) is 0 Å². The molecule has 7 aromatic carbocycles. The van der Waals surface area contributed by atoms with Gasteiger partial charge in [0.2, 0.25) is 0 Å². The maximum Gasteiger partial charge on any atom is 0.137 e. The molecule has 0 amide bonds. The Labute approximate surface area is 262 Å². The molecule has 0 spiro atoms. The van der Waals surface area contributed by atoms with Crippen LogP contribution in [0, 0.1) is 0 Å².